The zero-order valence-corrected chi connectivity index (χ0v) is 15.6. The number of nitrogens with one attached hydrogen (secondary N) is 2. The monoisotopic (exact) mass is 384 g/mol. The van der Waals surface area contributed by atoms with Gasteiger partial charge in [0, 0.05) is 30.3 Å². The molecular weight excluding hydrogens is 364 g/mol. The number of thiophene rings is 1. The van der Waals surface area contributed by atoms with E-state index >= 15 is 0 Å². The fourth-order valence-electron chi connectivity index (χ4n) is 2.89. The van der Waals surface area contributed by atoms with Crippen LogP contribution in [0, 0.1) is 6.92 Å². The lowest BCUT2D eigenvalue weighted by atomic mass is 10.1. The van der Waals surface area contributed by atoms with Crippen LogP contribution in [0.3, 0.4) is 0 Å². The van der Waals surface area contributed by atoms with E-state index < -0.39 is 0 Å². The number of hydrogen-bond acceptors (Lipinski definition) is 8. The molecule has 1 saturated heterocycles. The van der Waals surface area contributed by atoms with Gasteiger partial charge in [-0.05, 0) is 25.0 Å². The van der Waals surface area contributed by atoms with E-state index in [1.54, 1.807) is 23.8 Å². The molecule has 1 fully saturated rings. The topological polar surface area (TPSA) is 115 Å². The molecule has 8 nitrogen and oxygen atoms in total. The zero-order chi connectivity index (χ0) is 18.8. The maximum Gasteiger partial charge on any atom is 0.259 e. The van der Waals surface area contributed by atoms with Gasteiger partial charge in [0.15, 0.2) is 0 Å². The van der Waals surface area contributed by atoms with E-state index in [4.69, 9.17) is 10.5 Å². The van der Waals surface area contributed by atoms with Crippen molar-refractivity contribution in [3.8, 4) is 0 Å². The third-order valence-corrected chi connectivity index (χ3v) is 5.33. The lowest BCUT2D eigenvalue weighted by Gasteiger charge is -2.29. The first-order valence-electron chi connectivity index (χ1n) is 8.68. The van der Waals surface area contributed by atoms with Crippen molar-refractivity contribution in [2.24, 2.45) is 5.73 Å². The number of hydrogen-bond donors (Lipinski definition) is 3. The standard InChI is InChI=1S/C18H20N6O2S/c1-10-2-3-15(20-6-10)23-17(25)11-9-27-14-7-21-18(24-16(11)14)22-13-4-5-26-8-12(13)19/h2-3,6-7,9,12-13H,4-5,8,19H2,1H3,(H,20,23,25)(H,21,22,24). The molecule has 27 heavy (non-hydrogen) atoms. The lowest BCUT2D eigenvalue weighted by Crippen LogP contribution is -2.47. The van der Waals surface area contributed by atoms with E-state index in [0.717, 1.165) is 16.7 Å². The molecule has 0 aliphatic carbocycles. The Bertz CT molecular complexity index is 958. The largest absolute Gasteiger partial charge is 0.380 e. The molecule has 3 aromatic heterocycles. The number of nitrogens with two attached hydrogens (primary N) is 1. The highest BCUT2D eigenvalue weighted by Crippen LogP contribution is 2.26. The molecule has 140 valence electrons. The predicted molar refractivity (Wildman–Crippen MR) is 105 cm³/mol. The summed E-state index contributed by atoms with van der Waals surface area (Å²) in [7, 11) is 0. The molecule has 4 N–H and O–H groups in total. The van der Waals surface area contributed by atoms with E-state index in [-0.39, 0.29) is 18.0 Å². The summed E-state index contributed by atoms with van der Waals surface area (Å²) in [6.45, 7) is 3.11. The Morgan fingerprint density at radius 1 is 1.33 bits per heavy atom. The highest BCUT2D eigenvalue weighted by molar-refractivity contribution is 7.17. The average Bonchev–Trinajstić information content (AvgIpc) is 3.09. The highest BCUT2D eigenvalue weighted by atomic mass is 32.1. The SMILES string of the molecule is Cc1ccc(NC(=O)c2csc3cnc(NC4CCOCC4N)nc23)nc1. The van der Waals surface area contributed by atoms with E-state index in [0.29, 0.717) is 36.1 Å². The van der Waals surface area contributed by atoms with Crippen molar-refractivity contribution in [3.63, 3.8) is 0 Å². The van der Waals surface area contributed by atoms with E-state index in [2.05, 4.69) is 25.6 Å². The molecule has 2 atom stereocenters. The van der Waals surface area contributed by atoms with Gasteiger partial charge in [-0.1, -0.05) is 6.07 Å². The van der Waals surface area contributed by atoms with Crippen LogP contribution in [-0.2, 0) is 4.74 Å². The quantitative estimate of drug-likeness (QED) is 0.631. The summed E-state index contributed by atoms with van der Waals surface area (Å²) >= 11 is 1.43. The summed E-state index contributed by atoms with van der Waals surface area (Å²) in [5.41, 5.74) is 8.23. The number of carbonyl (C=O) groups excluding carboxylic acids is 1. The number of amides is 1. The molecular formula is C18H20N6O2S. The number of fused-ring (bicyclic) bond motifs is 1. The highest BCUT2D eigenvalue weighted by Gasteiger charge is 2.23. The zero-order valence-electron chi connectivity index (χ0n) is 14.8. The summed E-state index contributed by atoms with van der Waals surface area (Å²) < 4.78 is 6.21. The van der Waals surface area contributed by atoms with Gasteiger partial charge in [-0.2, -0.15) is 0 Å². The minimum Gasteiger partial charge on any atom is -0.380 e. The third-order valence-electron chi connectivity index (χ3n) is 4.43. The van der Waals surface area contributed by atoms with Gasteiger partial charge in [0.1, 0.15) is 5.82 Å². The molecule has 2 unspecified atom stereocenters. The Balaban J connectivity index is 1.56. The van der Waals surface area contributed by atoms with Crippen molar-refractivity contribution in [3.05, 3.63) is 41.0 Å². The van der Waals surface area contributed by atoms with Crippen molar-refractivity contribution in [1.82, 2.24) is 15.0 Å². The number of anilines is 2. The number of pyridine rings is 1. The van der Waals surface area contributed by atoms with Gasteiger partial charge in [-0.15, -0.1) is 11.3 Å². The van der Waals surface area contributed by atoms with E-state index in [9.17, 15) is 4.79 Å². The van der Waals surface area contributed by atoms with Crippen LogP contribution >= 0.6 is 11.3 Å². The van der Waals surface area contributed by atoms with E-state index in [1.165, 1.54) is 11.3 Å². The van der Waals surface area contributed by atoms with Crippen molar-refractivity contribution in [1.29, 1.82) is 0 Å². The van der Waals surface area contributed by atoms with Crippen molar-refractivity contribution in [2.75, 3.05) is 23.8 Å². The molecule has 1 amide bonds. The van der Waals surface area contributed by atoms with Crippen molar-refractivity contribution in [2.45, 2.75) is 25.4 Å². The van der Waals surface area contributed by atoms with Gasteiger partial charge in [0.05, 0.1) is 28.6 Å². The first kappa shape index (κ1) is 17.8. The van der Waals surface area contributed by atoms with Crippen LogP contribution in [0.1, 0.15) is 22.3 Å². The minimum atomic E-state index is -0.245. The van der Waals surface area contributed by atoms with Crippen molar-refractivity contribution >= 4 is 39.2 Å². The summed E-state index contributed by atoms with van der Waals surface area (Å²) in [4.78, 5) is 25.8. The molecule has 1 aliphatic rings. The third kappa shape index (κ3) is 3.90. The number of aromatic nitrogens is 3. The number of nitrogens with zero attached hydrogens (tertiary/aromatic N) is 3. The van der Waals surface area contributed by atoms with Gasteiger partial charge in [-0.25, -0.2) is 15.0 Å². The van der Waals surface area contributed by atoms with Gasteiger partial charge >= 0.3 is 0 Å². The normalized spacial score (nSPS) is 19.8. The molecule has 0 radical (unpaired) electrons. The lowest BCUT2D eigenvalue weighted by molar-refractivity contribution is 0.0751. The summed E-state index contributed by atoms with van der Waals surface area (Å²) in [5, 5.41) is 7.86. The van der Waals surface area contributed by atoms with Crippen LogP contribution in [0.4, 0.5) is 11.8 Å². The molecule has 4 heterocycles. The smallest absolute Gasteiger partial charge is 0.259 e. The minimum absolute atomic E-state index is 0.0453. The first-order valence-corrected chi connectivity index (χ1v) is 9.56. The molecule has 9 heteroatoms. The number of carbonyl (C=O) groups is 1. The Morgan fingerprint density at radius 2 is 2.22 bits per heavy atom. The molecule has 0 spiro atoms. The fraction of sp³-hybridized carbons (Fsp3) is 0.333. The number of aryl methyl sites for hydroxylation is 1. The maximum absolute atomic E-state index is 12.7. The van der Waals surface area contributed by atoms with Crippen LogP contribution in [-0.4, -0.2) is 46.2 Å². The maximum atomic E-state index is 12.7. The van der Waals surface area contributed by atoms with Crippen LogP contribution in [0.15, 0.2) is 29.9 Å². The molecule has 0 bridgehead atoms. The van der Waals surface area contributed by atoms with Crippen LogP contribution < -0.4 is 16.4 Å². The molecule has 3 aromatic rings. The first-order chi connectivity index (χ1) is 13.1. The second-order valence-electron chi connectivity index (χ2n) is 6.51. The van der Waals surface area contributed by atoms with Crippen molar-refractivity contribution < 1.29 is 9.53 Å². The van der Waals surface area contributed by atoms with Gasteiger partial charge in [-0.3, -0.25) is 4.79 Å². The average molecular weight is 384 g/mol. The summed E-state index contributed by atoms with van der Waals surface area (Å²) in [6.07, 6.45) is 4.22. The van der Waals surface area contributed by atoms with Crippen LogP contribution in [0.25, 0.3) is 10.2 Å². The number of ether oxygens (including phenoxy) is 1. The number of rotatable bonds is 4. The van der Waals surface area contributed by atoms with Crippen LogP contribution in [0.2, 0.25) is 0 Å². The Hall–Kier alpha value is -2.62. The van der Waals surface area contributed by atoms with Crippen LogP contribution in [0.5, 0.6) is 0 Å². The molecule has 4 rings (SSSR count). The van der Waals surface area contributed by atoms with E-state index in [1.807, 2.05) is 13.0 Å². The Labute approximate surface area is 160 Å². The second-order valence-corrected chi connectivity index (χ2v) is 7.42. The van der Waals surface area contributed by atoms with Gasteiger partial charge in [0.25, 0.3) is 5.91 Å². The second kappa shape index (κ2) is 7.55. The summed E-state index contributed by atoms with van der Waals surface area (Å²) in [5.74, 6) is 0.723. The summed E-state index contributed by atoms with van der Waals surface area (Å²) in [6, 6.07) is 3.60. The fourth-order valence-corrected chi connectivity index (χ4v) is 3.73. The Morgan fingerprint density at radius 3 is 3.00 bits per heavy atom. The Kier molecular flexibility index (Phi) is 4.97. The predicted octanol–water partition coefficient (Wildman–Crippen LogP) is 2.18. The molecule has 0 aromatic carbocycles. The van der Waals surface area contributed by atoms with Gasteiger partial charge < -0.3 is 21.1 Å². The molecule has 0 saturated carbocycles. The molecule has 1 aliphatic heterocycles. The van der Waals surface area contributed by atoms with Gasteiger partial charge in [0.2, 0.25) is 5.95 Å².